The molecule has 1 aromatic carbocycles. The van der Waals surface area contributed by atoms with Crippen molar-refractivity contribution in [2.75, 3.05) is 5.32 Å². The number of ether oxygens (including phenoxy) is 1. The summed E-state index contributed by atoms with van der Waals surface area (Å²) in [6.45, 7) is 3.79. The number of carbonyl (C=O) groups excluding carboxylic acids is 1. The van der Waals surface area contributed by atoms with Crippen LogP contribution < -0.4 is 15.8 Å². The predicted molar refractivity (Wildman–Crippen MR) is 92.2 cm³/mol. The number of anilines is 1. The molecule has 0 saturated heterocycles. The van der Waals surface area contributed by atoms with E-state index in [1.54, 1.807) is 30.3 Å². The van der Waals surface area contributed by atoms with Gasteiger partial charge in [-0.05, 0) is 36.2 Å². The van der Waals surface area contributed by atoms with Crippen LogP contribution in [0.2, 0.25) is 10.0 Å². The van der Waals surface area contributed by atoms with Gasteiger partial charge in [-0.2, -0.15) is 0 Å². The molecule has 1 atom stereocenters. The molecule has 0 aliphatic heterocycles. The number of rotatable bonds is 5. The van der Waals surface area contributed by atoms with Crippen LogP contribution in [0.25, 0.3) is 0 Å². The van der Waals surface area contributed by atoms with Crippen LogP contribution in [0.3, 0.4) is 0 Å². The summed E-state index contributed by atoms with van der Waals surface area (Å²) in [5.74, 6) is 0.634. The number of aromatic nitrogens is 1. The van der Waals surface area contributed by atoms with Gasteiger partial charge < -0.3 is 15.8 Å². The summed E-state index contributed by atoms with van der Waals surface area (Å²) in [7, 11) is 0. The number of nitrogens with two attached hydrogens (primary N) is 1. The van der Waals surface area contributed by atoms with E-state index >= 15 is 0 Å². The second kappa shape index (κ2) is 7.64. The number of hydrogen-bond donors (Lipinski definition) is 2. The zero-order valence-electron chi connectivity index (χ0n) is 12.7. The average Bonchev–Trinajstić information content (AvgIpc) is 2.51. The number of halogens is 2. The molecule has 0 spiro atoms. The fourth-order valence-corrected chi connectivity index (χ4v) is 2.14. The van der Waals surface area contributed by atoms with Crippen LogP contribution in [0.1, 0.15) is 13.8 Å². The molecule has 0 fully saturated rings. The van der Waals surface area contributed by atoms with Gasteiger partial charge in [0, 0.05) is 11.9 Å². The Labute approximate surface area is 144 Å². The van der Waals surface area contributed by atoms with Gasteiger partial charge in [-0.1, -0.05) is 37.0 Å². The first-order chi connectivity index (χ1) is 10.9. The minimum Gasteiger partial charge on any atom is -0.438 e. The fraction of sp³-hybridized carbons (Fsp3) is 0.250. The minimum atomic E-state index is -0.553. The molecule has 1 aromatic heterocycles. The number of nitrogens with zero attached hydrogens (tertiary/aromatic N) is 1. The highest BCUT2D eigenvalue weighted by Crippen LogP contribution is 2.29. The average molecular weight is 354 g/mol. The van der Waals surface area contributed by atoms with Crippen molar-refractivity contribution in [2.45, 2.75) is 19.9 Å². The lowest BCUT2D eigenvalue weighted by atomic mass is 10.1. The Morgan fingerprint density at radius 2 is 1.91 bits per heavy atom. The van der Waals surface area contributed by atoms with E-state index in [9.17, 15) is 4.79 Å². The Balaban J connectivity index is 2.03. The Morgan fingerprint density at radius 1 is 1.26 bits per heavy atom. The Morgan fingerprint density at radius 3 is 2.48 bits per heavy atom. The van der Waals surface area contributed by atoms with Gasteiger partial charge in [0.15, 0.2) is 0 Å². The smallest absolute Gasteiger partial charge is 0.241 e. The first-order valence-corrected chi connectivity index (χ1v) is 7.78. The van der Waals surface area contributed by atoms with Gasteiger partial charge in [-0.3, -0.25) is 4.79 Å². The maximum absolute atomic E-state index is 11.9. The number of nitrogens with one attached hydrogen (secondary N) is 1. The molecule has 0 aliphatic rings. The number of pyridine rings is 1. The van der Waals surface area contributed by atoms with Gasteiger partial charge in [0.1, 0.15) is 10.8 Å². The third-order valence-electron chi connectivity index (χ3n) is 3.13. The Bertz CT molecular complexity index is 690. The van der Waals surface area contributed by atoms with Gasteiger partial charge in [-0.15, -0.1) is 0 Å². The van der Waals surface area contributed by atoms with Gasteiger partial charge in [0.25, 0.3) is 0 Å². The van der Waals surface area contributed by atoms with Crippen molar-refractivity contribution in [2.24, 2.45) is 11.7 Å². The maximum atomic E-state index is 11.9. The highest BCUT2D eigenvalue weighted by Gasteiger charge is 2.17. The van der Waals surface area contributed by atoms with E-state index in [0.29, 0.717) is 21.5 Å². The molecule has 5 nitrogen and oxygen atoms in total. The van der Waals surface area contributed by atoms with E-state index in [4.69, 9.17) is 33.7 Å². The Hall–Kier alpha value is -1.82. The van der Waals surface area contributed by atoms with E-state index in [-0.39, 0.29) is 17.7 Å². The van der Waals surface area contributed by atoms with Crippen molar-refractivity contribution in [3.8, 4) is 11.6 Å². The van der Waals surface area contributed by atoms with Gasteiger partial charge >= 0.3 is 0 Å². The maximum Gasteiger partial charge on any atom is 0.241 e. The van der Waals surface area contributed by atoms with Crippen molar-refractivity contribution in [3.63, 3.8) is 0 Å². The minimum absolute atomic E-state index is 0.0655. The molecule has 2 aromatic rings. The summed E-state index contributed by atoms with van der Waals surface area (Å²) in [6, 6.07) is 7.82. The highest BCUT2D eigenvalue weighted by molar-refractivity contribution is 6.35. The SMILES string of the molecule is CC(C)[C@H](N)C(=O)Nc1ccc(Oc2ncc(Cl)cc2Cl)cc1. The second-order valence-corrected chi connectivity index (χ2v) is 6.17. The van der Waals surface area contributed by atoms with E-state index in [1.807, 2.05) is 13.8 Å². The quantitative estimate of drug-likeness (QED) is 0.847. The molecule has 0 radical (unpaired) electrons. The van der Waals surface area contributed by atoms with Crippen molar-refractivity contribution in [1.82, 2.24) is 4.98 Å². The zero-order chi connectivity index (χ0) is 17.0. The molecule has 1 amide bonds. The summed E-state index contributed by atoms with van der Waals surface area (Å²) in [4.78, 5) is 15.9. The third kappa shape index (κ3) is 4.82. The Kier molecular flexibility index (Phi) is 5.82. The predicted octanol–water partition coefficient (Wildman–Crippen LogP) is 4.10. The van der Waals surface area contributed by atoms with E-state index in [1.165, 1.54) is 6.20 Å². The van der Waals surface area contributed by atoms with Gasteiger partial charge in [-0.25, -0.2) is 4.98 Å². The summed E-state index contributed by atoms with van der Waals surface area (Å²) in [5.41, 5.74) is 6.43. The monoisotopic (exact) mass is 353 g/mol. The number of hydrogen-bond acceptors (Lipinski definition) is 4. The van der Waals surface area contributed by atoms with Crippen molar-refractivity contribution in [3.05, 3.63) is 46.6 Å². The van der Waals surface area contributed by atoms with Crippen LogP contribution in [0.15, 0.2) is 36.5 Å². The van der Waals surface area contributed by atoms with Crippen LogP contribution in [-0.2, 0) is 4.79 Å². The zero-order valence-corrected chi connectivity index (χ0v) is 14.2. The summed E-state index contributed by atoms with van der Waals surface area (Å²) >= 11 is 11.8. The molecule has 7 heteroatoms. The normalized spacial score (nSPS) is 12.1. The lowest BCUT2D eigenvalue weighted by molar-refractivity contribution is -0.118. The van der Waals surface area contributed by atoms with Crippen LogP contribution in [0.5, 0.6) is 11.6 Å². The topological polar surface area (TPSA) is 77.2 Å². The fourth-order valence-electron chi connectivity index (χ4n) is 1.72. The number of benzene rings is 1. The van der Waals surface area contributed by atoms with Crippen molar-refractivity contribution in [1.29, 1.82) is 0 Å². The third-order valence-corrected chi connectivity index (χ3v) is 3.61. The molecule has 0 aliphatic carbocycles. The molecule has 0 saturated carbocycles. The standard InChI is InChI=1S/C16H17Cl2N3O2/c1-9(2)14(19)15(22)21-11-3-5-12(6-4-11)23-16-13(18)7-10(17)8-20-16/h3-9,14H,19H2,1-2H3,(H,21,22)/t14-/m0/s1. The highest BCUT2D eigenvalue weighted by atomic mass is 35.5. The first kappa shape index (κ1) is 17.5. The summed E-state index contributed by atoms with van der Waals surface area (Å²) in [6.07, 6.45) is 1.45. The van der Waals surface area contributed by atoms with Crippen molar-refractivity contribution < 1.29 is 9.53 Å². The van der Waals surface area contributed by atoms with E-state index < -0.39 is 6.04 Å². The molecule has 3 N–H and O–H groups in total. The molecule has 0 unspecified atom stereocenters. The molecule has 122 valence electrons. The first-order valence-electron chi connectivity index (χ1n) is 7.02. The van der Waals surface area contributed by atoms with Crippen LogP contribution in [0.4, 0.5) is 5.69 Å². The largest absolute Gasteiger partial charge is 0.438 e. The van der Waals surface area contributed by atoms with Crippen LogP contribution in [-0.4, -0.2) is 16.9 Å². The molecule has 0 bridgehead atoms. The van der Waals surface area contributed by atoms with Crippen LogP contribution in [0, 0.1) is 5.92 Å². The number of amides is 1. The molecule has 23 heavy (non-hydrogen) atoms. The second-order valence-electron chi connectivity index (χ2n) is 5.33. The van der Waals surface area contributed by atoms with Crippen LogP contribution >= 0.6 is 23.2 Å². The van der Waals surface area contributed by atoms with Gasteiger partial charge in [0.2, 0.25) is 11.8 Å². The lowest BCUT2D eigenvalue weighted by Gasteiger charge is -2.15. The number of carbonyl (C=O) groups is 1. The summed E-state index contributed by atoms with van der Waals surface area (Å²) in [5, 5.41) is 3.50. The van der Waals surface area contributed by atoms with E-state index in [2.05, 4.69) is 10.3 Å². The molecular formula is C16H17Cl2N3O2. The lowest BCUT2D eigenvalue weighted by Crippen LogP contribution is -2.39. The van der Waals surface area contributed by atoms with Gasteiger partial charge in [0.05, 0.1) is 11.1 Å². The van der Waals surface area contributed by atoms with Crippen molar-refractivity contribution >= 4 is 34.8 Å². The van der Waals surface area contributed by atoms with E-state index in [0.717, 1.165) is 0 Å². The molecular weight excluding hydrogens is 337 g/mol. The molecule has 2 rings (SSSR count). The molecule has 1 heterocycles. The summed E-state index contributed by atoms with van der Waals surface area (Å²) < 4.78 is 5.57.